The summed E-state index contributed by atoms with van der Waals surface area (Å²) in [6, 6.07) is 2.25. The Morgan fingerprint density at radius 1 is 1.39 bits per heavy atom. The molecule has 0 radical (unpaired) electrons. The first-order valence-electron chi connectivity index (χ1n) is 6.20. The Balaban J connectivity index is 2.15. The zero-order valence-electron chi connectivity index (χ0n) is 11.0. The topological polar surface area (TPSA) is 50.7 Å². The Kier molecular flexibility index (Phi) is 4.38. The lowest BCUT2D eigenvalue weighted by atomic mass is 10.3. The molecule has 0 bridgehead atoms. The van der Waals surface area contributed by atoms with Crippen LogP contribution in [0.15, 0.2) is 18.5 Å². The molecule has 1 atom stereocenters. The Morgan fingerprint density at radius 3 is 2.94 bits per heavy atom. The summed E-state index contributed by atoms with van der Waals surface area (Å²) in [6.07, 6.45) is 4.85. The highest BCUT2D eigenvalue weighted by atomic mass is 32.1. The predicted octanol–water partition coefficient (Wildman–Crippen LogP) is 2.97. The third kappa shape index (κ3) is 3.11. The number of nitrogens with zero attached hydrogens (tertiary/aromatic N) is 3. The van der Waals surface area contributed by atoms with Gasteiger partial charge in [-0.3, -0.25) is 0 Å². The molecule has 0 spiro atoms. The highest BCUT2D eigenvalue weighted by Gasteiger charge is 2.11. The van der Waals surface area contributed by atoms with Crippen LogP contribution in [0.3, 0.4) is 0 Å². The molecule has 96 valence electrons. The quantitative estimate of drug-likeness (QED) is 0.900. The lowest BCUT2D eigenvalue weighted by Crippen LogP contribution is -2.18. The van der Waals surface area contributed by atoms with Crippen LogP contribution in [-0.4, -0.2) is 21.5 Å². The van der Waals surface area contributed by atoms with E-state index in [0.29, 0.717) is 6.04 Å². The van der Waals surface area contributed by atoms with Crippen LogP contribution < -0.4 is 5.32 Å². The van der Waals surface area contributed by atoms with Gasteiger partial charge in [0.15, 0.2) is 0 Å². The minimum absolute atomic E-state index is 0.346. The molecule has 0 aromatic carbocycles. The molecular weight excluding hydrogens is 244 g/mol. The SMILES string of the molecule is CCCNC(C)c1cnc(-c2ccnc(C)n2)s1. The molecule has 0 aliphatic carbocycles. The van der Waals surface area contributed by atoms with Crippen molar-refractivity contribution in [2.75, 3.05) is 6.54 Å². The van der Waals surface area contributed by atoms with E-state index in [1.165, 1.54) is 4.88 Å². The van der Waals surface area contributed by atoms with Gasteiger partial charge in [0.1, 0.15) is 16.5 Å². The first-order valence-corrected chi connectivity index (χ1v) is 7.01. The smallest absolute Gasteiger partial charge is 0.142 e. The molecule has 4 nitrogen and oxygen atoms in total. The molecular formula is C13H18N4S. The average molecular weight is 262 g/mol. The molecule has 2 aromatic heterocycles. The maximum Gasteiger partial charge on any atom is 0.142 e. The number of aryl methyl sites for hydroxylation is 1. The number of hydrogen-bond acceptors (Lipinski definition) is 5. The largest absolute Gasteiger partial charge is 0.309 e. The summed E-state index contributed by atoms with van der Waals surface area (Å²) in [5.74, 6) is 0.779. The van der Waals surface area contributed by atoms with E-state index in [1.54, 1.807) is 17.5 Å². The fourth-order valence-electron chi connectivity index (χ4n) is 1.64. The molecule has 0 amide bonds. The summed E-state index contributed by atoms with van der Waals surface area (Å²) in [5.41, 5.74) is 0.904. The van der Waals surface area contributed by atoms with Crippen LogP contribution in [0.25, 0.3) is 10.7 Å². The Hall–Kier alpha value is -1.33. The van der Waals surface area contributed by atoms with Gasteiger partial charge in [-0.15, -0.1) is 11.3 Å². The van der Waals surface area contributed by atoms with Crippen molar-refractivity contribution in [2.24, 2.45) is 0 Å². The molecule has 2 aromatic rings. The van der Waals surface area contributed by atoms with Crippen molar-refractivity contribution in [2.45, 2.75) is 33.2 Å². The van der Waals surface area contributed by atoms with E-state index in [2.05, 4.69) is 34.1 Å². The van der Waals surface area contributed by atoms with Gasteiger partial charge in [0.25, 0.3) is 0 Å². The normalized spacial score (nSPS) is 12.6. The van der Waals surface area contributed by atoms with E-state index in [9.17, 15) is 0 Å². The van der Waals surface area contributed by atoms with Crippen molar-refractivity contribution >= 4 is 11.3 Å². The maximum absolute atomic E-state index is 4.44. The molecule has 2 heterocycles. The summed E-state index contributed by atoms with van der Waals surface area (Å²) in [7, 11) is 0. The maximum atomic E-state index is 4.44. The van der Waals surface area contributed by atoms with E-state index < -0.39 is 0 Å². The molecule has 0 fully saturated rings. The number of nitrogens with one attached hydrogen (secondary N) is 1. The van der Waals surface area contributed by atoms with Crippen molar-refractivity contribution in [3.8, 4) is 10.7 Å². The second kappa shape index (κ2) is 6.02. The summed E-state index contributed by atoms with van der Waals surface area (Å²) >= 11 is 1.69. The van der Waals surface area contributed by atoms with Crippen LogP contribution in [-0.2, 0) is 0 Å². The standard InChI is InChI=1S/C13H18N4S/c1-4-6-14-9(2)12-8-16-13(18-12)11-5-7-15-10(3)17-11/h5,7-9,14H,4,6H2,1-3H3. The van der Waals surface area contributed by atoms with Crippen LogP contribution in [0.1, 0.15) is 37.0 Å². The molecule has 0 saturated heterocycles. The van der Waals surface area contributed by atoms with Crippen LogP contribution in [0.2, 0.25) is 0 Å². The lowest BCUT2D eigenvalue weighted by molar-refractivity contribution is 0.577. The van der Waals surface area contributed by atoms with Gasteiger partial charge in [-0.1, -0.05) is 6.92 Å². The highest BCUT2D eigenvalue weighted by Crippen LogP contribution is 2.27. The van der Waals surface area contributed by atoms with E-state index in [4.69, 9.17) is 0 Å². The molecule has 1 N–H and O–H groups in total. The van der Waals surface area contributed by atoms with E-state index >= 15 is 0 Å². The predicted molar refractivity (Wildman–Crippen MR) is 74.6 cm³/mol. The van der Waals surface area contributed by atoms with Crippen molar-refractivity contribution in [1.82, 2.24) is 20.3 Å². The first-order chi connectivity index (χ1) is 8.70. The summed E-state index contributed by atoms with van der Waals surface area (Å²) in [5, 5.41) is 4.42. The number of rotatable bonds is 5. The molecule has 18 heavy (non-hydrogen) atoms. The number of hydrogen-bond donors (Lipinski definition) is 1. The highest BCUT2D eigenvalue weighted by molar-refractivity contribution is 7.15. The number of aromatic nitrogens is 3. The van der Waals surface area contributed by atoms with E-state index in [-0.39, 0.29) is 0 Å². The van der Waals surface area contributed by atoms with Crippen LogP contribution in [0.5, 0.6) is 0 Å². The zero-order chi connectivity index (χ0) is 13.0. The van der Waals surface area contributed by atoms with Crippen molar-refractivity contribution in [1.29, 1.82) is 0 Å². The zero-order valence-corrected chi connectivity index (χ0v) is 11.8. The van der Waals surface area contributed by atoms with E-state index in [1.807, 2.05) is 19.2 Å². The van der Waals surface area contributed by atoms with Gasteiger partial charge in [0.2, 0.25) is 0 Å². The fraction of sp³-hybridized carbons (Fsp3) is 0.462. The Bertz CT molecular complexity index is 509. The minimum atomic E-state index is 0.346. The van der Waals surface area contributed by atoms with Crippen LogP contribution in [0.4, 0.5) is 0 Å². The van der Waals surface area contributed by atoms with Crippen LogP contribution >= 0.6 is 11.3 Å². The van der Waals surface area contributed by atoms with Gasteiger partial charge in [-0.25, -0.2) is 15.0 Å². The summed E-state index contributed by atoms with van der Waals surface area (Å²) < 4.78 is 0. The van der Waals surface area contributed by atoms with Gasteiger partial charge < -0.3 is 5.32 Å². The molecule has 5 heteroatoms. The Morgan fingerprint density at radius 2 is 2.22 bits per heavy atom. The number of thiazole rings is 1. The van der Waals surface area contributed by atoms with Gasteiger partial charge in [0, 0.05) is 23.3 Å². The van der Waals surface area contributed by atoms with Gasteiger partial charge >= 0.3 is 0 Å². The van der Waals surface area contributed by atoms with Crippen molar-refractivity contribution < 1.29 is 0 Å². The van der Waals surface area contributed by atoms with Gasteiger partial charge in [0.05, 0.1) is 0 Å². The third-order valence-electron chi connectivity index (χ3n) is 2.65. The molecule has 2 rings (SSSR count). The monoisotopic (exact) mass is 262 g/mol. The first kappa shape index (κ1) is 13.1. The van der Waals surface area contributed by atoms with Crippen molar-refractivity contribution in [3.05, 3.63) is 29.2 Å². The fourth-order valence-corrected chi connectivity index (χ4v) is 2.55. The van der Waals surface area contributed by atoms with Crippen LogP contribution in [0, 0.1) is 6.92 Å². The van der Waals surface area contributed by atoms with E-state index in [0.717, 1.165) is 29.5 Å². The summed E-state index contributed by atoms with van der Waals surface area (Å²) in [6.45, 7) is 7.25. The second-order valence-corrected chi connectivity index (χ2v) is 5.29. The molecule has 0 aliphatic rings. The summed E-state index contributed by atoms with van der Waals surface area (Å²) in [4.78, 5) is 14.2. The van der Waals surface area contributed by atoms with Gasteiger partial charge in [-0.05, 0) is 32.9 Å². The van der Waals surface area contributed by atoms with Gasteiger partial charge in [-0.2, -0.15) is 0 Å². The third-order valence-corrected chi connectivity index (χ3v) is 3.85. The molecule has 0 saturated carbocycles. The Labute approximate surface area is 112 Å². The van der Waals surface area contributed by atoms with Crippen molar-refractivity contribution in [3.63, 3.8) is 0 Å². The average Bonchev–Trinajstić information content (AvgIpc) is 2.85. The molecule has 0 aliphatic heterocycles. The lowest BCUT2D eigenvalue weighted by Gasteiger charge is -2.09. The molecule has 1 unspecified atom stereocenters. The minimum Gasteiger partial charge on any atom is -0.309 e. The second-order valence-electron chi connectivity index (χ2n) is 4.23.